The van der Waals surface area contributed by atoms with Gasteiger partial charge in [0, 0.05) is 16.7 Å². The van der Waals surface area contributed by atoms with E-state index >= 15 is 0 Å². The minimum absolute atomic E-state index is 0.288. The average molecular weight is 264 g/mol. The van der Waals surface area contributed by atoms with Crippen molar-refractivity contribution in [1.29, 1.82) is 0 Å². The van der Waals surface area contributed by atoms with Crippen LogP contribution >= 0.6 is 11.3 Å². The molecule has 1 heterocycles. The van der Waals surface area contributed by atoms with Crippen LogP contribution in [0.4, 0.5) is 0 Å². The molecule has 0 aliphatic heterocycles. The van der Waals surface area contributed by atoms with E-state index in [1.165, 1.54) is 26.8 Å². The molecule has 19 heavy (non-hydrogen) atoms. The molecule has 4 rings (SSSR count). The number of Topliss-reactive ketones (excluding diaryl/α,β-unsaturated/α-hetero) is 1. The highest BCUT2D eigenvalue weighted by molar-refractivity contribution is 7.17. The van der Waals surface area contributed by atoms with Crippen LogP contribution in [0.1, 0.15) is 22.3 Å². The van der Waals surface area contributed by atoms with Gasteiger partial charge in [0.25, 0.3) is 0 Å². The molecule has 1 nitrogen and oxygen atoms in total. The van der Waals surface area contributed by atoms with Crippen LogP contribution in [0.5, 0.6) is 0 Å². The van der Waals surface area contributed by atoms with Crippen LogP contribution in [0.25, 0.3) is 21.2 Å². The van der Waals surface area contributed by atoms with Gasteiger partial charge in [-0.2, -0.15) is 0 Å². The summed E-state index contributed by atoms with van der Waals surface area (Å²) < 4.78 is 1.33. The molecule has 0 saturated carbocycles. The Balaban J connectivity index is 1.93. The molecule has 92 valence electrons. The number of fused-ring (bicyclic) bond motifs is 2. The molecule has 0 atom stereocenters. The first kappa shape index (κ1) is 10.9. The third kappa shape index (κ3) is 1.64. The molecular weight excluding hydrogens is 252 g/mol. The Morgan fingerprint density at radius 2 is 1.89 bits per heavy atom. The largest absolute Gasteiger partial charge is 0.294 e. The molecule has 0 fully saturated rings. The van der Waals surface area contributed by atoms with Crippen molar-refractivity contribution in [2.24, 2.45) is 0 Å². The van der Waals surface area contributed by atoms with Crippen LogP contribution in [-0.4, -0.2) is 5.78 Å². The van der Waals surface area contributed by atoms with Crippen LogP contribution < -0.4 is 0 Å². The molecule has 0 bridgehead atoms. The first-order valence-electron chi connectivity index (χ1n) is 6.46. The standard InChI is InChI=1S/C17H12OS/c18-16-7-5-12-10-13(4-6-14(12)16)15-3-1-2-11-8-9-19-17(11)15/h1-4,6,8-10H,5,7H2. The van der Waals surface area contributed by atoms with Crippen molar-refractivity contribution in [3.05, 3.63) is 59.0 Å². The molecule has 0 N–H and O–H groups in total. The second-order valence-corrected chi connectivity index (χ2v) is 5.86. The molecule has 1 aliphatic carbocycles. The van der Waals surface area contributed by atoms with E-state index in [-0.39, 0.29) is 5.78 Å². The summed E-state index contributed by atoms with van der Waals surface area (Å²) in [7, 11) is 0. The fourth-order valence-electron chi connectivity index (χ4n) is 2.84. The molecule has 0 amide bonds. The second kappa shape index (κ2) is 4.04. The average Bonchev–Trinajstić information content (AvgIpc) is 3.05. The monoisotopic (exact) mass is 264 g/mol. The molecule has 0 spiro atoms. The van der Waals surface area contributed by atoms with E-state index < -0.39 is 0 Å². The maximum atomic E-state index is 11.7. The Morgan fingerprint density at radius 3 is 2.84 bits per heavy atom. The molecule has 2 aromatic carbocycles. The van der Waals surface area contributed by atoms with Gasteiger partial charge in [0.15, 0.2) is 5.78 Å². The zero-order valence-corrected chi connectivity index (χ0v) is 11.2. The lowest BCUT2D eigenvalue weighted by atomic mass is 9.99. The minimum atomic E-state index is 0.288. The summed E-state index contributed by atoms with van der Waals surface area (Å²) in [4.78, 5) is 11.7. The van der Waals surface area contributed by atoms with Crippen molar-refractivity contribution in [2.45, 2.75) is 12.8 Å². The Morgan fingerprint density at radius 1 is 0.947 bits per heavy atom. The number of aryl methyl sites for hydroxylation is 1. The van der Waals surface area contributed by atoms with Crippen LogP contribution in [-0.2, 0) is 6.42 Å². The Bertz CT molecular complexity index is 798. The number of hydrogen-bond acceptors (Lipinski definition) is 2. The Kier molecular flexibility index (Phi) is 2.32. The topological polar surface area (TPSA) is 17.1 Å². The summed E-state index contributed by atoms with van der Waals surface area (Å²) in [5.74, 6) is 0.288. The summed E-state index contributed by atoms with van der Waals surface area (Å²) >= 11 is 1.78. The van der Waals surface area contributed by atoms with E-state index in [2.05, 4.69) is 41.8 Å². The van der Waals surface area contributed by atoms with Crippen LogP contribution in [0.3, 0.4) is 0 Å². The number of carbonyl (C=O) groups excluding carboxylic acids is 1. The van der Waals surface area contributed by atoms with Crippen molar-refractivity contribution < 1.29 is 4.79 Å². The van der Waals surface area contributed by atoms with Gasteiger partial charge in [-0.25, -0.2) is 0 Å². The SMILES string of the molecule is O=C1CCc2cc(-c3cccc4ccsc34)ccc21. The van der Waals surface area contributed by atoms with Gasteiger partial charge in [-0.15, -0.1) is 11.3 Å². The summed E-state index contributed by atoms with van der Waals surface area (Å²) in [6.45, 7) is 0. The molecule has 1 aliphatic rings. The second-order valence-electron chi connectivity index (χ2n) is 4.94. The van der Waals surface area contributed by atoms with Gasteiger partial charge >= 0.3 is 0 Å². The lowest BCUT2D eigenvalue weighted by Crippen LogP contribution is -1.90. The first-order valence-corrected chi connectivity index (χ1v) is 7.33. The third-order valence-electron chi connectivity index (χ3n) is 3.82. The summed E-state index contributed by atoms with van der Waals surface area (Å²) in [5.41, 5.74) is 4.62. The molecule has 0 unspecified atom stereocenters. The zero-order valence-electron chi connectivity index (χ0n) is 10.3. The van der Waals surface area contributed by atoms with Gasteiger partial charge in [-0.3, -0.25) is 4.79 Å². The van der Waals surface area contributed by atoms with Gasteiger partial charge in [0.2, 0.25) is 0 Å². The van der Waals surface area contributed by atoms with Gasteiger partial charge < -0.3 is 0 Å². The number of rotatable bonds is 1. The number of carbonyl (C=O) groups is 1. The fraction of sp³-hybridized carbons (Fsp3) is 0.118. The summed E-state index contributed by atoms with van der Waals surface area (Å²) in [6, 6.07) is 14.8. The van der Waals surface area contributed by atoms with Crippen molar-refractivity contribution in [3.8, 4) is 11.1 Å². The number of hydrogen-bond donors (Lipinski definition) is 0. The van der Waals surface area contributed by atoms with Gasteiger partial charge in [0.05, 0.1) is 0 Å². The van der Waals surface area contributed by atoms with Crippen molar-refractivity contribution >= 4 is 27.2 Å². The minimum Gasteiger partial charge on any atom is -0.294 e. The Labute approximate surface area is 115 Å². The maximum absolute atomic E-state index is 11.7. The zero-order chi connectivity index (χ0) is 12.8. The van der Waals surface area contributed by atoms with Gasteiger partial charge in [-0.1, -0.05) is 36.4 Å². The molecule has 3 aromatic rings. The van der Waals surface area contributed by atoms with E-state index in [9.17, 15) is 4.79 Å². The lowest BCUT2D eigenvalue weighted by molar-refractivity contribution is 0.0994. The highest BCUT2D eigenvalue weighted by Gasteiger charge is 2.19. The molecule has 0 saturated heterocycles. The Hall–Kier alpha value is -1.93. The quantitative estimate of drug-likeness (QED) is 0.622. The van der Waals surface area contributed by atoms with Crippen molar-refractivity contribution in [1.82, 2.24) is 0 Å². The van der Waals surface area contributed by atoms with E-state index in [1.54, 1.807) is 11.3 Å². The summed E-state index contributed by atoms with van der Waals surface area (Å²) in [6.07, 6.45) is 1.56. The number of benzene rings is 2. The lowest BCUT2D eigenvalue weighted by Gasteiger charge is -2.06. The highest BCUT2D eigenvalue weighted by Crippen LogP contribution is 2.34. The first-order chi connectivity index (χ1) is 9.33. The molecule has 0 radical (unpaired) electrons. The number of ketones is 1. The predicted octanol–water partition coefficient (Wildman–Crippen LogP) is 4.70. The third-order valence-corrected chi connectivity index (χ3v) is 4.78. The molecule has 1 aromatic heterocycles. The van der Waals surface area contributed by atoms with Crippen LogP contribution in [0.2, 0.25) is 0 Å². The normalized spacial score (nSPS) is 14.0. The van der Waals surface area contributed by atoms with Gasteiger partial charge in [0.1, 0.15) is 0 Å². The fourth-order valence-corrected chi connectivity index (χ4v) is 3.78. The highest BCUT2D eigenvalue weighted by atomic mass is 32.1. The van der Waals surface area contributed by atoms with Gasteiger partial charge in [-0.05, 0) is 39.9 Å². The van der Waals surface area contributed by atoms with E-state index in [1.807, 2.05) is 6.07 Å². The smallest absolute Gasteiger partial charge is 0.163 e. The number of thiophene rings is 1. The van der Waals surface area contributed by atoms with Crippen LogP contribution in [0, 0.1) is 0 Å². The van der Waals surface area contributed by atoms with E-state index in [0.29, 0.717) is 6.42 Å². The molecule has 2 heteroatoms. The van der Waals surface area contributed by atoms with Crippen molar-refractivity contribution in [2.75, 3.05) is 0 Å². The molecular formula is C17H12OS. The van der Waals surface area contributed by atoms with Crippen LogP contribution in [0.15, 0.2) is 47.8 Å². The predicted molar refractivity (Wildman–Crippen MR) is 79.9 cm³/mol. The van der Waals surface area contributed by atoms with Crippen molar-refractivity contribution in [3.63, 3.8) is 0 Å². The van der Waals surface area contributed by atoms with E-state index in [4.69, 9.17) is 0 Å². The summed E-state index contributed by atoms with van der Waals surface area (Å²) in [5, 5.41) is 3.42. The van der Waals surface area contributed by atoms with E-state index in [0.717, 1.165) is 12.0 Å². The maximum Gasteiger partial charge on any atom is 0.163 e.